The molecule has 156 valence electrons. The fourth-order valence-electron chi connectivity index (χ4n) is 3.36. The van der Waals surface area contributed by atoms with E-state index in [1.807, 2.05) is 31.2 Å². The second-order valence-electron chi connectivity index (χ2n) is 7.36. The molecule has 3 N–H and O–H groups in total. The Morgan fingerprint density at radius 3 is 2.28 bits per heavy atom. The predicted octanol–water partition coefficient (Wildman–Crippen LogP) is 0.888. The van der Waals surface area contributed by atoms with E-state index in [0.717, 1.165) is 24.2 Å². The molecule has 29 heavy (non-hydrogen) atoms. The number of quaternary nitrogens is 1. The number of rotatable bonds is 7. The van der Waals surface area contributed by atoms with Crippen molar-refractivity contribution in [3.05, 3.63) is 59.7 Å². The minimum absolute atomic E-state index is 0.167. The van der Waals surface area contributed by atoms with Crippen molar-refractivity contribution in [2.45, 2.75) is 24.8 Å². The first-order chi connectivity index (χ1) is 13.8. The number of nitrogens with one attached hydrogen (secondary N) is 3. The average Bonchev–Trinajstić information content (AvgIpc) is 2.69. The molecule has 1 saturated heterocycles. The number of aryl methyl sites for hydroxylation is 1. The average molecular weight is 419 g/mol. The molecule has 0 spiro atoms. The molecular formula is C21H28N3O4S+. The van der Waals surface area contributed by atoms with Crippen LogP contribution in [0, 0.1) is 6.92 Å². The summed E-state index contributed by atoms with van der Waals surface area (Å²) in [6.07, 6.45) is 0. The minimum atomic E-state index is -3.72. The van der Waals surface area contributed by atoms with E-state index in [0.29, 0.717) is 25.4 Å². The molecule has 0 saturated carbocycles. The van der Waals surface area contributed by atoms with Crippen LogP contribution in [-0.2, 0) is 19.6 Å². The van der Waals surface area contributed by atoms with Crippen LogP contribution in [0.25, 0.3) is 0 Å². The number of carbonyl (C=O) groups is 1. The van der Waals surface area contributed by atoms with E-state index in [9.17, 15) is 13.2 Å². The Kier molecular flexibility index (Phi) is 7.02. The number of carbonyl (C=O) groups excluding carboxylic acids is 1. The van der Waals surface area contributed by atoms with Gasteiger partial charge in [0.1, 0.15) is 13.1 Å². The Hall–Kier alpha value is -2.26. The lowest BCUT2D eigenvalue weighted by Gasteiger charge is -2.28. The lowest BCUT2D eigenvalue weighted by Crippen LogP contribution is -3.14. The Balaban J connectivity index is 1.81. The van der Waals surface area contributed by atoms with Crippen LogP contribution >= 0.6 is 0 Å². The second kappa shape index (κ2) is 9.49. The number of ether oxygens (including phenoxy) is 1. The van der Waals surface area contributed by atoms with Crippen molar-refractivity contribution in [1.82, 2.24) is 4.72 Å². The van der Waals surface area contributed by atoms with Crippen LogP contribution in [0.2, 0.25) is 0 Å². The quantitative estimate of drug-likeness (QED) is 0.623. The van der Waals surface area contributed by atoms with Crippen molar-refractivity contribution in [3.63, 3.8) is 0 Å². The Morgan fingerprint density at radius 1 is 1.07 bits per heavy atom. The molecule has 1 fully saturated rings. The highest BCUT2D eigenvalue weighted by molar-refractivity contribution is 7.89. The first kappa shape index (κ1) is 21.4. The maximum absolute atomic E-state index is 13.0. The van der Waals surface area contributed by atoms with Gasteiger partial charge in [-0.15, -0.1) is 0 Å². The third kappa shape index (κ3) is 6.11. The van der Waals surface area contributed by atoms with Crippen molar-refractivity contribution in [3.8, 4) is 0 Å². The molecule has 0 radical (unpaired) electrons. The molecule has 8 heteroatoms. The lowest BCUT2D eigenvalue weighted by molar-refractivity contribution is -0.909. The highest BCUT2D eigenvalue weighted by Gasteiger charge is 2.26. The Labute approximate surface area is 172 Å². The third-order valence-corrected chi connectivity index (χ3v) is 6.44. The molecule has 0 unspecified atom stereocenters. The molecule has 7 nitrogen and oxygen atoms in total. The van der Waals surface area contributed by atoms with Gasteiger partial charge in [-0.1, -0.05) is 29.8 Å². The summed E-state index contributed by atoms with van der Waals surface area (Å²) >= 11 is 0. The van der Waals surface area contributed by atoms with E-state index in [4.69, 9.17) is 4.74 Å². The number of sulfonamides is 1. The van der Waals surface area contributed by atoms with Crippen LogP contribution in [-0.4, -0.2) is 47.2 Å². The number of benzene rings is 2. The number of hydrogen-bond acceptors (Lipinski definition) is 4. The van der Waals surface area contributed by atoms with Crippen molar-refractivity contribution in [1.29, 1.82) is 0 Å². The smallest absolute Gasteiger partial charge is 0.241 e. The molecular weight excluding hydrogens is 390 g/mol. The summed E-state index contributed by atoms with van der Waals surface area (Å²) in [4.78, 5) is 12.6. The van der Waals surface area contributed by atoms with Crippen molar-refractivity contribution >= 4 is 21.6 Å². The monoisotopic (exact) mass is 418 g/mol. The van der Waals surface area contributed by atoms with Crippen molar-refractivity contribution in [2.75, 3.05) is 38.2 Å². The van der Waals surface area contributed by atoms with E-state index in [-0.39, 0.29) is 16.8 Å². The standard InChI is InChI=1S/C21H27N3O4S/c1-16-3-5-18(6-4-16)21(15-24-11-13-28-14-12-24)23-29(26,27)20-9-7-19(8-10-20)22-17(2)25/h3-10,21,23H,11-15H2,1-2H3,(H,22,25)/p+1/t21-/m0/s1. The van der Waals surface area contributed by atoms with Crippen LogP contribution in [0.3, 0.4) is 0 Å². The zero-order valence-electron chi connectivity index (χ0n) is 16.8. The molecule has 1 heterocycles. The van der Waals surface area contributed by atoms with Gasteiger partial charge in [-0.25, -0.2) is 8.42 Å². The summed E-state index contributed by atoms with van der Waals surface area (Å²) in [6.45, 7) is 7.15. The number of anilines is 1. The summed E-state index contributed by atoms with van der Waals surface area (Å²) < 4.78 is 34.3. The number of morpholine rings is 1. The van der Waals surface area contributed by atoms with Crippen molar-refractivity contribution < 1.29 is 22.8 Å². The van der Waals surface area contributed by atoms with Gasteiger partial charge in [-0.3, -0.25) is 4.79 Å². The molecule has 1 amide bonds. The summed E-state index contributed by atoms with van der Waals surface area (Å²) in [5.41, 5.74) is 2.62. The molecule has 2 aromatic carbocycles. The maximum atomic E-state index is 13.0. The van der Waals surface area contributed by atoms with E-state index < -0.39 is 10.0 Å². The lowest BCUT2D eigenvalue weighted by atomic mass is 10.1. The zero-order valence-corrected chi connectivity index (χ0v) is 17.6. The molecule has 3 rings (SSSR count). The van der Waals surface area contributed by atoms with Crippen molar-refractivity contribution in [2.24, 2.45) is 0 Å². The normalized spacial score (nSPS) is 16.3. The molecule has 0 bridgehead atoms. The zero-order chi connectivity index (χ0) is 20.9. The van der Waals surface area contributed by atoms with E-state index in [1.54, 1.807) is 12.1 Å². The van der Waals surface area contributed by atoms with E-state index in [1.165, 1.54) is 24.0 Å². The third-order valence-electron chi connectivity index (χ3n) is 4.95. The topological polar surface area (TPSA) is 88.9 Å². The molecule has 1 atom stereocenters. The second-order valence-corrected chi connectivity index (χ2v) is 9.07. The summed E-state index contributed by atoms with van der Waals surface area (Å²) in [5.74, 6) is -0.202. The van der Waals surface area contributed by atoms with Crippen LogP contribution in [0.5, 0.6) is 0 Å². The first-order valence-corrected chi connectivity index (χ1v) is 11.2. The Bertz CT molecular complexity index is 921. The number of hydrogen-bond donors (Lipinski definition) is 3. The fraction of sp³-hybridized carbons (Fsp3) is 0.381. The molecule has 0 aliphatic carbocycles. The van der Waals surface area contributed by atoms with Gasteiger partial charge >= 0.3 is 0 Å². The van der Waals surface area contributed by atoms with E-state index in [2.05, 4.69) is 10.0 Å². The summed E-state index contributed by atoms with van der Waals surface area (Å²) in [5, 5.41) is 2.64. The van der Waals surface area contributed by atoms with Gasteiger partial charge in [0, 0.05) is 12.6 Å². The van der Waals surface area contributed by atoms with Gasteiger partial charge in [0.2, 0.25) is 15.9 Å². The van der Waals surface area contributed by atoms with Crippen LogP contribution < -0.4 is 14.9 Å². The minimum Gasteiger partial charge on any atom is -0.370 e. The van der Waals surface area contributed by atoms with Gasteiger partial charge in [-0.05, 0) is 36.8 Å². The Morgan fingerprint density at radius 2 is 1.69 bits per heavy atom. The van der Waals surface area contributed by atoms with Gasteiger partial charge in [0.15, 0.2) is 0 Å². The molecule has 2 aromatic rings. The van der Waals surface area contributed by atoms with Gasteiger partial charge in [-0.2, -0.15) is 4.72 Å². The predicted molar refractivity (Wildman–Crippen MR) is 111 cm³/mol. The van der Waals surface area contributed by atoms with Gasteiger partial charge < -0.3 is 15.0 Å². The van der Waals surface area contributed by atoms with Crippen LogP contribution in [0.4, 0.5) is 5.69 Å². The summed E-state index contributed by atoms with van der Waals surface area (Å²) in [6, 6.07) is 13.8. The largest absolute Gasteiger partial charge is 0.370 e. The molecule has 1 aliphatic heterocycles. The first-order valence-electron chi connectivity index (χ1n) is 9.71. The fourth-order valence-corrected chi connectivity index (χ4v) is 4.58. The van der Waals surface area contributed by atoms with Gasteiger partial charge in [0.05, 0.1) is 30.7 Å². The highest BCUT2D eigenvalue weighted by Crippen LogP contribution is 2.19. The highest BCUT2D eigenvalue weighted by atomic mass is 32.2. The van der Waals surface area contributed by atoms with E-state index >= 15 is 0 Å². The molecule has 1 aliphatic rings. The SMILES string of the molecule is CC(=O)Nc1ccc(S(=O)(=O)N[C@@H](C[NH+]2CCOCC2)c2ccc(C)cc2)cc1. The molecule has 0 aromatic heterocycles. The number of amides is 1. The van der Waals surface area contributed by atoms with Crippen LogP contribution in [0.15, 0.2) is 53.4 Å². The van der Waals surface area contributed by atoms with Gasteiger partial charge in [0.25, 0.3) is 0 Å². The van der Waals surface area contributed by atoms with Crippen LogP contribution in [0.1, 0.15) is 24.1 Å². The maximum Gasteiger partial charge on any atom is 0.241 e. The summed E-state index contributed by atoms with van der Waals surface area (Å²) in [7, 11) is -3.72.